The molecule has 0 spiro atoms. The molecule has 1 aromatic carbocycles. The van der Waals surface area contributed by atoms with Crippen molar-refractivity contribution in [3.05, 3.63) is 46.7 Å². The van der Waals surface area contributed by atoms with E-state index in [1.807, 2.05) is 6.07 Å². The Labute approximate surface area is 144 Å². The third-order valence-electron chi connectivity index (χ3n) is 4.52. The van der Waals surface area contributed by atoms with Gasteiger partial charge in [0, 0.05) is 5.02 Å². The van der Waals surface area contributed by atoms with Crippen LogP contribution in [0.15, 0.2) is 30.5 Å². The minimum absolute atomic E-state index is 0.0257. The van der Waals surface area contributed by atoms with E-state index in [-0.39, 0.29) is 5.92 Å². The predicted molar refractivity (Wildman–Crippen MR) is 89.5 cm³/mol. The van der Waals surface area contributed by atoms with Crippen LogP contribution in [0.1, 0.15) is 35.8 Å². The van der Waals surface area contributed by atoms with E-state index in [9.17, 15) is 14.7 Å². The van der Waals surface area contributed by atoms with Crippen LogP contribution in [0.2, 0.25) is 5.02 Å². The molecule has 1 saturated carbocycles. The molecule has 2 N–H and O–H groups in total. The number of amides is 1. The van der Waals surface area contributed by atoms with Crippen molar-refractivity contribution in [3.63, 3.8) is 0 Å². The Balaban J connectivity index is 1.88. The molecule has 1 aliphatic rings. The zero-order valence-corrected chi connectivity index (χ0v) is 14.2. The lowest BCUT2D eigenvalue weighted by atomic mass is 9.95. The normalized spacial score (nSPS) is 16.5. The summed E-state index contributed by atoms with van der Waals surface area (Å²) in [5.74, 6) is -1.47. The van der Waals surface area contributed by atoms with E-state index in [0.717, 1.165) is 18.5 Å². The number of aliphatic carboxylic acids is 1. The van der Waals surface area contributed by atoms with Gasteiger partial charge in [-0.3, -0.25) is 4.79 Å². The quantitative estimate of drug-likeness (QED) is 0.871. The number of carboxylic acid groups (broad SMARTS) is 1. The minimum atomic E-state index is -1.25. The van der Waals surface area contributed by atoms with Crippen LogP contribution in [0.5, 0.6) is 0 Å². The molecule has 126 valence electrons. The van der Waals surface area contributed by atoms with E-state index >= 15 is 0 Å². The molecule has 6 nitrogen and oxygen atoms in total. The van der Waals surface area contributed by atoms with E-state index in [2.05, 4.69) is 10.4 Å². The van der Waals surface area contributed by atoms with Crippen LogP contribution in [0.25, 0.3) is 5.69 Å². The number of rotatable bonds is 5. The summed E-state index contributed by atoms with van der Waals surface area (Å²) in [6.45, 7) is 3.32. The summed E-state index contributed by atoms with van der Waals surface area (Å²) in [7, 11) is 0. The van der Waals surface area contributed by atoms with Crippen molar-refractivity contribution in [2.24, 2.45) is 5.92 Å². The number of nitrogens with zero attached hydrogens (tertiary/aromatic N) is 2. The molecule has 7 heteroatoms. The van der Waals surface area contributed by atoms with Gasteiger partial charge in [-0.25, -0.2) is 9.48 Å². The van der Waals surface area contributed by atoms with Crippen LogP contribution >= 0.6 is 11.6 Å². The highest BCUT2D eigenvalue weighted by atomic mass is 35.5. The summed E-state index contributed by atoms with van der Waals surface area (Å²) in [5.41, 5.74) is 0.463. The van der Waals surface area contributed by atoms with Crippen LogP contribution in [0.4, 0.5) is 0 Å². The summed E-state index contributed by atoms with van der Waals surface area (Å²) < 4.78 is 1.61. The summed E-state index contributed by atoms with van der Waals surface area (Å²) >= 11 is 5.99. The van der Waals surface area contributed by atoms with Crippen LogP contribution in [-0.4, -0.2) is 32.3 Å². The van der Waals surface area contributed by atoms with Gasteiger partial charge in [0.15, 0.2) is 0 Å². The van der Waals surface area contributed by atoms with Crippen molar-refractivity contribution >= 4 is 23.5 Å². The van der Waals surface area contributed by atoms with E-state index in [4.69, 9.17) is 11.6 Å². The number of hydrogen-bond acceptors (Lipinski definition) is 3. The molecular weight excluding hydrogens is 330 g/mol. The molecule has 1 atom stereocenters. The van der Waals surface area contributed by atoms with Gasteiger partial charge in [0.25, 0.3) is 5.91 Å². The lowest BCUT2D eigenvalue weighted by molar-refractivity contribution is -0.144. The molecule has 0 radical (unpaired) electrons. The molecule has 3 rings (SSSR count). The maximum Gasteiger partial charge on any atom is 0.329 e. The Bertz CT molecular complexity index is 813. The zero-order valence-electron chi connectivity index (χ0n) is 13.4. The van der Waals surface area contributed by atoms with E-state index in [1.165, 1.54) is 6.20 Å². The summed E-state index contributed by atoms with van der Waals surface area (Å²) in [4.78, 5) is 24.1. The van der Waals surface area contributed by atoms with Gasteiger partial charge < -0.3 is 10.4 Å². The lowest BCUT2D eigenvalue weighted by Gasteiger charge is -2.26. The van der Waals surface area contributed by atoms with Gasteiger partial charge in [-0.05, 0) is 50.8 Å². The van der Waals surface area contributed by atoms with Crippen molar-refractivity contribution in [2.75, 3.05) is 0 Å². The average Bonchev–Trinajstić information content (AvgIpc) is 3.30. The molecular formula is C17H18ClN3O3. The van der Waals surface area contributed by atoms with Gasteiger partial charge >= 0.3 is 5.97 Å². The molecule has 1 fully saturated rings. The fraction of sp³-hybridized carbons (Fsp3) is 0.353. The zero-order chi connectivity index (χ0) is 17.5. The maximum atomic E-state index is 12.6. The highest BCUT2D eigenvalue weighted by Gasteiger charge is 2.48. The van der Waals surface area contributed by atoms with Crippen LogP contribution in [0, 0.1) is 12.8 Å². The van der Waals surface area contributed by atoms with Crippen molar-refractivity contribution < 1.29 is 14.7 Å². The lowest BCUT2D eigenvalue weighted by Crippen LogP contribution is -2.54. The Morgan fingerprint density at radius 2 is 2.12 bits per heavy atom. The van der Waals surface area contributed by atoms with E-state index < -0.39 is 17.4 Å². The molecule has 0 aliphatic heterocycles. The fourth-order valence-corrected chi connectivity index (χ4v) is 2.98. The molecule has 2 aromatic rings. The first-order chi connectivity index (χ1) is 11.3. The first-order valence-corrected chi connectivity index (χ1v) is 8.07. The third kappa shape index (κ3) is 2.89. The third-order valence-corrected chi connectivity index (χ3v) is 4.75. The molecule has 1 aliphatic carbocycles. The molecule has 0 saturated heterocycles. The highest BCUT2D eigenvalue weighted by Crippen LogP contribution is 2.40. The first kappa shape index (κ1) is 16.5. The van der Waals surface area contributed by atoms with Gasteiger partial charge in [-0.1, -0.05) is 17.7 Å². The van der Waals surface area contributed by atoms with Crippen molar-refractivity contribution in [1.29, 1.82) is 0 Å². The number of carbonyl (C=O) groups is 2. The number of nitrogens with one attached hydrogen (secondary N) is 1. The van der Waals surface area contributed by atoms with Gasteiger partial charge in [-0.15, -0.1) is 0 Å². The number of aromatic nitrogens is 2. The monoisotopic (exact) mass is 347 g/mol. The van der Waals surface area contributed by atoms with Gasteiger partial charge in [-0.2, -0.15) is 5.10 Å². The average molecular weight is 348 g/mol. The largest absolute Gasteiger partial charge is 0.480 e. The predicted octanol–water partition coefficient (Wildman–Crippen LogP) is 2.82. The number of halogens is 1. The van der Waals surface area contributed by atoms with Gasteiger partial charge in [0.2, 0.25) is 0 Å². The number of carboxylic acids is 1. The first-order valence-electron chi connectivity index (χ1n) is 7.69. The standard InChI is InChI=1S/C17H18ClN3O3/c1-10-14(9-19-21(10)13-5-3-4-12(18)8-13)15(22)20-17(2,16(23)24)11-6-7-11/h3-5,8-9,11H,6-7H2,1-2H3,(H,20,22)(H,23,24)/t17-/m0/s1. The van der Waals surface area contributed by atoms with Crippen LogP contribution in [-0.2, 0) is 4.79 Å². The molecule has 1 heterocycles. The second-order valence-corrected chi connectivity index (χ2v) is 6.71. The summed E-state index contributed by atoms with van der Waals surface area (Å²) in [6.07, 6.45) is 3.06. The fourth-order valence-electron chi connectivity index (χ4n) is 2.79. The number of benzene rings is 1. The second kappa shape index (κ2) is 5.94. The SMILES string of the molecule is Cc1c(C(=O)N[C@](C)(C(=O)O)C2CC2)cnn1-c1cccc(Cl)c1. The molecule has 1 aromatic heterocycles. The van der Waals surface area contributed by atoms with Crippen molar-refractivity contribution in [2.45, 2.75) is 32.2 Å². The number of hydrogen-bond donors (Lipinski definition) is 2. The molecule has 1 amide bonds. The summed E-state index contributed by atoms with van der Waals surface area (Å²) in [6, 6.07) is 7.13. The van der Waals surface area contributed by atoms with E-state index in [1.54, 1.807) is 36.7 Å². The van der Waals surface area contributed by atoms with Crippen molar-refractivity contribution in [1.82, 2.24) is 15.1 Å². The topological polar surface area (TPSA) is 84.2 Å². The Hall–Kier alpha value is -2.34. The highest BCUT2D eigenvalue weighted by molar-refractivity contribution is 6.30. The number of carbonyl (C=O) groups excluding carboxylic acids is 1. The van der Waals surface area contributed by atoms with Crippen molar-refractivity contribution in [3.8, 4) is 5.69 Å². The second-order valence-electron chi connectivity index (χ2n) is 6.27. The summed E-state index contributed by atoms with van der Waals surface area (Å²) in [5, 5.41) is 16.9. The Morgan fingerprint density at radius 3 is 2.71 bits per heavy atom. The van der Waals surface area contributed by atoms with Gasteiger partial charge in [0.05, 0.1) is 23.1 Å². The Morgan fingerprint density at radius 1 is 1.42 bits per heavy atom. The van der Waals surface area contributed by atoms with Crippen LogP contribution < -0.4 is 5.32 Å². The minimum Gasteiger partial charge on any atom is -0.480 e. The molecule has 0 bridgehead atoms. The maximum absolute atomic E-state index is 12.6. The Kier molecular flexibility index (Phi) is 4.09. The van der Waals surface area contributed by atoms with E-state index in [0.29, 0.717) is 16.3 Å². The van der Waals surface area contributed by atoms with Gasteiger partial charge in [0.1, 0.15) is 5.54 Å². The van der Waals surface area contributed by atoms with Crippen LogP contribution in [0.3, 0.4) is 0 Å². The smallest absolute Gasteiger partial charge is 0.329 e. The molecule has 24 heavy (non-hydrogen) atoms. The molecule has 0 unspecified atom stereocenters.